The second-order valence-electron chi connectivity index (χ2n) is 4.66. The Bertz CT molecular complexity index is 534. The lowest BCUT2D eigenvalue weighted by molar-refractivity contribution is 0.632. The smallest absolute Gasteiger partial charge is 0.226 e. The maximum atomic E-state index is 4.68. The summed E-state index contributed by atoms with van der Waals surface area (Å²) in [6.45, 7) is 5.24. The zero-order valence-corrected chi connectivity index (χ0v) is 10.6. The van der Waals surface area contributed by atoms with Crippen LogP contribution in [0.3, 0.4) is 0 Å². The van der Waals surface area contributed by atoms with Gasteiger partial charge in [-0.25, -0.2) is 9.97 Å². The Hall–Kier alpha value is -1.68. The highest BCUT2D eigenvalue weighted by Gasteiger charge is 2.23. The normalized spacial score (nSPS) is 19.3. The highest BCUT2D eigenvalue weighted by molar-refractivity contribution is 5.78. The fourth-order valence-electron chi connectivity index (χ4n) is 2.57. The molecule has 0 radical (unpaired) electrons. The number of benzene rings is 1. The van der Waals surface area contributed by atoms with Crippen molar-refractivity contribution in [1.29, 1.82) is 0 Å². The number of para-hydroxylation sites is 1. The minimum atomic E-state index is 0.524. The van der Waals surface area contributed by atoms with E-state index >= 15 is 0 Å². The molecule has 1 aliphatic rings. The molecule has 94 valence electrons. The lowest BCUT2D eigenvalue weighted by Gasteiger charge is -2.27. The van der Waals surface area contributed by atoms with Crippen LogP contribution in [0.2, 0.25) is 0 Å². The van der Waals surface area contributed by atoms with Crippen molar-refractivity contribution in [1.82, 2.24) is 15.3 Å². The molecule has 1 atom stereocenters. The summed E-state index contributed by atoms with van der Waals surface area (Å²) in [5, 5.41) is 4.50. The van der Waals surface area contributed by atoms with Crippen molar-refractivity contribution in [3.05, 3.63) is 30.5 Å². The van der Waals surface area contributed by atoms with E-state index < -0.39 is 0 Å². The summed E-state index contributed by atoms with van der Waals surface area (Å²) >= 11 is 0. The van der Waals surface area contributed by atoms with E-state index in [1.54, 1.807) is 0 Å². The van der Waals surface area contributed by atoms with Crippen LogP contribution in [0.15, 0.2) is 30.5 Å². The number of nitrogens with zero attached hydrogens (tertiary/aromatic N) is 3. The van der Waals surface area contributed by atoms with Gasteiger partial charge in [-0.3, -0.25) is 0 Å². The Morgan fingerprint density at radius 1 is 1.39 bits per heavy atom. The maximum Gasteiger partial charge on any atom is 0.226 e. The zero-order chi connectivity index (χ0) is 12.4. The van der Waals surface area contributed by atoms with Gasteiger partial charge in [0.2, 0.25) is 5.95 Å². The van der Waals surface area contributed by atoms with Crippen LogP contribution in [-0.2, 0) is 0 Å². The summed E-state index contributed by atoms with van der Waals surface area (Å²) in [4.78, 5) is 11.5. The second kappa shape index (κ2) is 4.90. The van der Waals surface area contributed by atoms with Crippen molar-refractivity contribution in [2.45, 2.75) is 19.4 Å². The molecule has 0 amide bonds. The van der Waals surface area contributed by atoms with Crippen LogP contribution in [0.4, 0.5) is 5.95 Å². The van der Waals surface area contributed by atoms with E-state index in [-0.39, 0.29) is 0 Å². The van der Waals surface area contributed by atoms with E-state index in [2.05, 4.69) is 27.1 Å². The molecule has 2 heterocycles. The van der Waals surface area contributed by atoms with Gasteiger partial charge >= 0.3 is 0 Å². The quantitative estimate of drug-likeness (QED) is 0.891. The molecule has 1 aromatic heterocycles. The van der Waals surface area contributed by atoms with Crippen molar-refractivity contribution in [3.8, 4) is 0 Å². The third-order valence-electron chi connectivity index (χ3n) is 3.55. The van der Waals surface area contributed by atoms with Gasteiger partial charge < -0.3 is 10.2 Å². The number of aromatic nitrogens is 2. The number of rotatable bonds is 3. The minimum Gasteiger partial charge on any atom is -0.337 e. The molecule has 1 fully saturated rings. The SMILES string of the molecule is CCN(c1ncc2ccccc2n1)C1CCNC1. The molecule has 1 aliphatic heterocycles. The van der Waals surface area contributed by atoms with Crippen molar-refractivity contribution in [2.75, 3.05) is 24.5 Å². The van der Waals surface area contributed by atoms with Crippen LogP contribution in [0.25, 0.3) is 10.9 Å². The fraction of sp³-hybridized carbons (Fsp3) is 0.429. The number of hydrogen-bond acceptors (Lipinski definition) is 4. The molecule has 4 nitrogen and oxygen atoms in total. The lowest BCUT2D eigenvalue weighted by Crippen LogP contribution is -2.37. The predicted octanol–water partition coefficient (Wildman–Crippen LogP) is 1.82. The van der Waals surface area contributed by atoms with Gasteiger partial charge in [0.1, 0.15) is 0 Å². The average Bonchev–Trinajstić information content (AvgIpc) is 2.93. The standard InChI is InChI=1S/C14H18N4/c1-2-18(12-7-8-15-10-12)14-16-9-11-5-3-4-6-13(11)17-14/h3-6,9,12,15H,2,7-8,10H2,1H3. The summed E-state index contributed by atoms with van der Waals surface area (Å²) in [5.41, 5.74) is 1.02. The first kappa shape index (κ1) is 11.4. The van der Waals surface area contributed by atoms with Gasteiger partial charge in [0.15, 0.2) is 0 Å². The van der Waals surface area contributed by atoms with Gasteiger partial charge in [-0.2, -0.15) is 0 Å². The topological polar surface area (TPSA) is 41.1 Å². The molecule has 0 saturated carbocycles. The molecular formula is C14H18N4. The lowest BCUT2D eigenvalue weighted by atomic mass is 10.2. The van der Waals surface area contributed by atoms with E-state index in [9.17, 15) is 0 Å². The summed E-state index contributed by atoms with van der Waals surface area (Å²) in [7, 11) is 0. The van der Waals surface area contributed by atoms with E-state index in [0.29, 0.717) is 6.04 Å². The Labute approximate surface area is 107 Å². The van der Waals surface area contributed by atoms with Crippen LogP contribution in [-0.4, -0.2) is 35.6 Å². The molecule has 1 saturated heterocycles. The molecule has 1 N–H and O–H groups in total. The third-order valence-corrected chi connectivity index (χ3v) is 3.55. The zero-order valence-electron chi connectivity index (χ0n) is 10.6. The fourth-order valence-corrected chi connectivity index (χ4v) is 2.57. The maximum absolute atomic E-state index is 4.68. The predicted molar refractivity (Wildman–Crippen MR) is 73.8 cm³/mol. The van der Waals surface area contributed by atoms with Gasteiger partial charge in [0.05, 0.1) is 5.52 Å². The van der Waals surface area contributed by atoms with E-state index in [4.69, 9.17) is 0 Å². The van der Waals surface area contributed by atoms with Crippen LogP contribution in [0.1, 0.15) is 13.3 Å². The summed E-state index contributed by atoms with van der Waals surface area (Å²) in [6.07, 6.45) is 3.09. The molecule has 3 rings (SSSR count). The monoisotopic (exact) mass is 242 g/mol. The van der Waals surface area contributed by atoms with Gasteiger partial charge in [-0.1, -0.05) is 18.2 Å². The Balaban J connectivity index is 1.96. The molecule has 1 aromatic carbocycles. The number of fused-ring (bicyclic) bond motifs is 1. The van der Waals surface area contributed by atoms with Gasteiger partial charge in [-0.15, -0.1) is 0 Å². The molecule has 0 aliphatic carbocycles. The molecule has 4 heteroatoms. The number of hydrogen-bond donors (Lipinski definition) is 1. The first-order valence-corrected chi connectivity index (χ1v) is 6.57. The highest BCUT2D eigenvalue weighted by atomic mass is 15.3. The van der Waals surface area contributed by atoms with Crippen LogP contribution < -0.4 is 10.2 Å². The summed E-state index contributed by atoms with van der Waals surface area (Å²) in [5.74, 6) is 0.852. The van der Waals surface area contributed by atoms with Crippen LogP contribution >= 0.6 is 0 Å². The molecule has 1 unspecified atom stereocenters. The van der Waals surface area contributed by atoms with E-state index in [1.807, 2.05) is 30.5 Å². The average molecular weight is 242 g/mol. The molecule has 18 heavy (non-hydrogen) atoms. The second-order valence-corrected chi connectivity index (χ2v) is 4.66. The van der Waals surface area contributed by atoms with E-state index in [1.165, 1.54) is 6.42 Å². The Morgan fingerprint density at radius 3 is 3.06 bits per heavy atom. The summed E-state index contributed by atoms with van der Waals surface area (Å²) < 4.78 is 0. The number of nitrogens with one attached hydrogen (secondary N) is 1. The van der Waals surface area contributed by atoms with Crippen LogP contribution in [0, 0.1) is 0 Å². The Kier molecular flexibility index (Phi) is 3.11. The van der Waals surface area contributed by atoms with Gasteiger partial charge in [0, 0.05) is 30.7 Å². The largest absolute Gasteiger partial charge is 0.337 e. The Morgan fingerprint density at radius 2 is 2.28 bits per heavy atom. The third kappa shape index (κ3) is 2.04. The molecule has 0 spiro atoms. The van der Waals surface area contributed by atoms with Crippen molar-refractivity contribution in [2.24, 2.45) is 0 Å². The van der Waals surface area contributed by atoms with Crippen molar-refractivity contribution in [3.63, 3.8) is 0 Å². The number of anilines is 1. The van der Waals surface area contributed by atoms with Crippen molar-refractivity contribution < 1.29 is 0 Å². The first-order valence-electron chi connectivity index (χ1n) is 6.57. The van der Waals surface area contributed by atoms with Gasteiger partial charge in [-0.05, 0) is 26.0 Å². The highest BCUT2D eigenvalue weighted by Crippen LogP contribution is 2.18. The van der Waals surface area contributed by atoms with Crippen LogP contribution in [0.5, 0.6) is 0 Å². The molecule has 2 aromatic rings. The minimum absolute atomic E-state index is 0.524. The van der Waals surface area contributed by atoms with Crippen molar-refractivity contribution >= 4 is 16.9 Å². The molecular weight excluding hydrogens is 224 g/mol. The van der Waals surface area contributed by atoms with E-state index in [0.717, 1.165) is 36.5 Å². The summed E-state index contributed by atoms with van der Waals surface area (Å²) in [6, 6.07) is 8.65. The number of likely N-dealkylation sites (N-methyl/N-ethyl adjacent to an activating group) is 1. The first-order chi connectivity index (χ1) is 8.88. The van der Waals surface area contributed by atoms with Gasteiger partial charge in [0.25, 0.3) is 0 Å². The molecule has 0 bridgehead atoms.